The summed E-state index contributed by atoms with van der Waals surface area (Å²) in [7, 11) is 1.11. The average Bonchev–Trinajstić information content (AvgIpc) is 2.75. The van der Waals surface area contributed by atoms with E-state index in [1.54, 1.807) is 0 Å². The molecule has 4 atom stereocenters. The minimum Gasteiger partial charge on any atom is -0.493 e. The molecular weight excluding hydrogens is 452 g/mol. The number of benzene rings is 2. The van der Waals surface area contributed by atoms with Crippen LogP contribution in [0.2, 0.25) is 0 Å². The van der Waals surface area contributed by atoms with Crippen LogP contribution in [0.4, 0.5) is 26.3 Å². The van der Waals surface area contributed by atoms with Crippen LogP contribution in [0.25, 0.3) is 10.9 Å². The molecule has 1 fully saturated rings. The Labute approximate surface area is 184 Å². The summed E-state index contributed by atoms with van der Waals surface area (Å²) >= 11 is 0. The van der Waals surface area contributed by atoms with E-state index in [1.807, 2.05) is 0 Å². The van der Waals surface area contributed by atoms with Crippen LogP contribution in [0.3, 0.4) is 0 Å². The molecule has 10 heteroatoms. The first-order valence-corrected chi connectivity index (χ1v) is 10.1. The van der Waals surface area contributed by atoms with E-state index in [2.05, 4.69) is 4.98 Å². The second-order valence-electron chi connectivity index (χ2n) is 8.06. The number of para-hydroxylation sites is 1. The van der Waals surface area contributed by atoms with Crippen LogP contribution >= 0.6 is 0 Å². The van der Waals surface area contributed by atoms with Crippen LogP contribution in [0, 0.1) is 23.4 Å². The molecule has 2 heterocycles. The van der Waals surface area contributed by atoms with Gasteiger partial charge < -0.3 is 14.5 Å². The normalized spacial score (nSPS) is 23.6. The quantitative estimate of drug-likeness (QED) is 0.494. The molecule has 0 aliphatic carbocycles. The lowest BCUT2D eigenvalue weighted by Crippen LogP contribution is -2.42. The molecule has 1 saturated heterocycles. The third kappa shape index (κ3) is 4.07. The smallest absolute Gasteiger partial charge is 0.414 e. The van der Waals surface area contributed by atoms with Crippen molar-refractivity contribution in [3.8, 4) is 5.75 Å². The highest BCUT2D eigenvalue weighted by Crippen LogP contribution is 2.51. The maximum absolute atomic E-state index is 14.4. The fraction of sp³-hybridized carbons (Fsp3) is 0.348. The summed E-state index contributed by atoms with van der Waals surface area (Å²) in [6.07, 6.45) is -8.79. The van der Waals surface area contributed by atoms with Gasteiger partial charge in [0.15, 0.2) is 23.1 Å². The molecule has 2 aromatic carbocycles. The van der Waals surface area contributed by atoms with Gasteiger partial charge in [-0.3, -0.25) is 4.79 Å². The minimum atomic E-state index is -4.71. The topological polar surface area (TPSA) is 51.3 Å². The molecule has 176 valence electrons. The molecule has 1 aromatic heterocycles. The highest BCUT2D eigenvalue weighted by Gasteiger charge is 2.50. The number of aromatic amines is 1. The van der Waals surface area contributed by atoms with Gasteiger partial charge in [-0.25, -0.2) is 8.78 Å². The molecular formula is C23H19F6NO3. The van der Waals surface area contributed by atoms with E-state index in [0.717, 1.165) is 25.3 Å². The largest absolute Gasteiger partial charge is 0.493 e. The molecule has 4 nitrogen and oxygen atoms in total. The van der Waals surface area contributed by atoms with E-state index >= 15 is 0 Å². The average molecular weight is 471 g/mol. The first-order valence-electron chi connectivity index (χ1n) is 10.1. The Morgan fingerprint density at radius 2 is 1.82 bits per heavy atom. The second kappa shape index (κ2) is 8.40. The summed E-state index contributed by atoms with van der Waals surface area (Å²) in [5.74, 6) is -5.45. The molecule has 1 aliphatic heterocycles. The van der Waals surface area contributed by atoms with Gasteiger partial charge in [-0.2, -0.15) is 17.6 Å². The Hall–Kier alpha value is -3.01. The van der Waals surface area contributed by atoms with Crippen LogP contribution in [-0.2, 0) is 4.74 Å². The molecule has 0 saturated carbocycles. The summed E-state index contributed by atoms with van der Waals surface area (Å²) in [5, 5.41) is 0.0111. The monoisotopic (exact) mass is 471 g/mol. The van der Waals surface area contributed by atoms with Crippen LogP contribution in [-0.4, -0.2) is 24.4 Å². The van der Waals surface area contributed by atoms with Crippen molar-refractivity contribution in [2.24, 2.45) is 5.92 Å². The standard InChI is InChI=1S/C23H19F6NO3/c1-10-8-17(23(27,28)29)33-22(18(10)12-6-7-13(24)19(26)21(12)32-2)15-9-16(31)11-4-3-5-14(25)20(11)30-15/h3-7,9-10,17-18,22H,8H2,1-2H3,(H,30,31)/t10-,17?,18+,22+/m1/s1. The van der Waals surface area contributed by atoms with Crippen LogP contribution in [0.15, 0.2) is 41.2 Å². The summed E-state index contributed by atoms with van der Waals surface area (Å²) in [6.45, 7) is 1.51. The van der Waals surface area contributed by atoms with Crippen molar-refractivity contribution < 1.29 is 35.8 Å². The Morgan fingerprint density at radius 1 is 1.09 bits per heavy atom. The first kappa shape index (κ1) is 23.2. The third-order valence-electron chi connectivity index (χ3n) is 5.99. The first-order chi connectivity index (χ1) is 15.5. The number of hydrogen-bond donors (Lipinski definition) is 1. The minimum absolute atomic E-state index is 0.0111. The highest BCUT2D eigenvalue weighted by atomic mass is 19.4. The number of H-pyrrole nitrogens is 1. The predicted octanol–water partition coefficient (Wildman–Crippen LogP) is 5.77. The predicted molar refractivity (Wildman–Crippen MR) is 108 cm³/mol. The van der Waals surface area contributed by atoms with Crippen molar-refractivity contribution in [3.63, 3.8) is 0 Å². The second-order valence-corrected chi connectivity index (χ2v) is 8.06. The summed E-state index contributed by atoms with van der Waals surface area (Å²) < 4.78 is 93.8. The Kier molecular flexibility index (Phi) is 5.90. The SMILES string of the molecule is COc1c([C@@H]2[C@H](C)CC(C(F)(F)F)O[C@H]2c2cc(=O)c3cccc(F)c3[nH]2)ccc(F)c1F. The molecule has 0 spiro atoms. The van der Waals surface area contributed by atoms with Crippen LogP contribution in [0.5, 0.6) is 5.75 Å². The number of methoxy groups -OCH3 is 1. The lowest BCUT2D eigenvalue weighted by molar-refractivity contribution is -0.257. The molecule has 0 bridgehead atoms. The molecule has 1 unspecified atom stereocenters. The lowest BCUT2D eigenvalue weighted by atomic mass is 9.76. The molecule has 0 amide bonds. The van der Waals surface area contributed by atoms with E-state index in [0.29, 0.717) is 0 Å². The summed E-state index contributed by atoms with van der Waals surface area (Å²) in [5.41, 5.74) is -0.861. The summed E-state index contributed by atoms with van der Waals surface area (Å²) in [6, 6.07) is 6.90. The zero-order valence-corrected chi connectivity index (χ0v) is 17.5. The number of alkyl halides is 3. The number of rotatable bonds is 3. The van der Waals surface area contributed by atoms with Gasteiger partial charge in [0.1, 0.15) is 11.9 Å². The Balaban J connectivity index is 1.93. The number of hydrogen-bond acceptors (Lipinski definition) is 3. The zero-order valence-electron chi connectivity index (χ0n) is 17.5. The molecule has 3 aromatic rings. The van der Waals surface area contributed by atoms with Crippen molar-refractivity contribution in [3.05, 3.63) is 75.3 Å². The molecule has 33 heavy (non-hydrogen) atoms. The highest BCUT2D eigenvalue weighted by molar-refractivity contribution is 5.79. The number of ether oxygens (including phenoxy) is 2. The molecule has 0 radical (unpaired) electrons. The van der Waals surface area contributed by atoms with Crippen molar-refractivity contribution in [2.75, 3.05) is 7.11 Å². The zero-order chi connectivity index (χ0) is 24.1. The Bertz CT molecular complexity index is 1260. The van der Waals surface area contributed by atoms with Gasteiger partial charge in [-0.05, 0) is 30.5 Å². The van der Waals surface area contributed by atoms with Crippen LogP contribution < -0.4 is 10.2 Å². The van der Waals surface area contributed by atoms with Crippen molar-refractivity contribution in [2.45, 2.75) is 37.6 Å². The number of fused-ring (bicyclic) bond motifs is 1. The van der Waals surface area contributed by atoms with Gasteiger partial charge in [0.2, 0.25) is 5.82 Å². The Morgan fingerprint density at radius 3 is 2.48 bits per heavy atom. The van der Waals surface area contributed by atoms with E-state index in [1.165, 1.54) is 25.1 Å². The van der Waals surface area contributed by atoms with Crippen molar-refractivity contribution in [1.29, 1.82) is 0 Å². The molecule has 1 aliphatic rings. The molecule has 4 rings (SSSR count). The number of pyridine rings is 1. The number of nitrogens with one attached hydrogen (secondary N) is 1. The fourth-order valence-corrected chi connectivity index (χ4v) is 4.47. The van der Waals surface area contributed by atoms with Crippen molar-refractivity contribution in [1.82, 2.24) is 4.98 Å². The van der Waals surface area contributed by atoms with Gasteiger partial charge in [0.05, 0.1) is 12.6 Å². The van der Waals surface area contributed by atoms with Gasteiger partial charge in [-0.1, -0.05) is 19.1 Å². The van der Waals surface area contributed by atoms with E-state index in [-0.39, 0.29) is 22.2 Å². The fourth-order valence-electron chi connectivity index (χ4n) is 4.47. The number of aromatic nitrogens is 1. The van der Waals surface area contributed by atoms with Crippen LogP contribution in [0.1, 0.15) is 36.6 Å². The maximum atomic E-state index is 14.4. The number of halogens is 6. The molecule has 1 N–H and O–H groups in total. The lowest BCUT2D eigenvalue weighted by Gasteiger charge is -2.42. The van der Waals surface area contributed by atoms with Gasteiger partial charge in [0, 0.05) is 28.6 Å². The van der Waals surface area contributed by atoms with Gasteiger partial charge in [0.25, 0.3) is 0 Å². The third-order valence-corrected chi connectivity index (χ3v) is 5.99. The van der Waals surface area contributed by atoms with E-state index in [4.69, 9.17) is 9.47 Å². The summed E-state index contributed by atoms with van der Waals surface area (Å²) in [4.78, 5) is 15.3. The van der Waals surface area contributed by atoms with E-state index in [9.17, 15) is 31.1 Å². The van der Waals surface area contributed by atoms with Crippen molar-refractivity contribution >= 4 is 10.9 Å². The van der Waals surface area contributed by atoms with Gasteiger partial charge >= 0.3 is 6.18 Å². The van der Waals surface area contributed by atoms with E-state index < -0.39 is 65.3 Å². The van der Waals surface area contributed by atoms with Gasteiger partial charge in [-0.15, -0.1) is 0 Å². The maximum Gasteiger partial charge on any atom is 0.414 e.